The zero-order valence-corrected chi connectivity index (χ0v) is 10.8. The Hall–Kier alpha value is -2.17. The number of hydrogen-bond donors (Lipinski definition) is 1. The summed E-state index contributed by atoms with van der Waals surface area (Å²) < 4.78 is 5.10. The molecule has 1 N–H and O–H groups in total. The van der Waals surface area contributed by atoms with Crippen LogP contribution in [0.25, 0.3) is 11.4 Å². The summed E-state index contributed by atoms with van der Waals surface area (Å²) in [6.07, 6.45) is 2.11. The molecule has 2 aromatic rings. The van der Waals surface area contributed by atoms with Crippen molar-refractivity contribution in [1.29, 1.82) is 0 Å². The normalized spacial score (nSPS) is 10.6. The second-order valence-corrected chi connectivity index (χ2v) is 4.31. The van der Waals surface area contributed by atoms with E-state index in [1.807, 2.05) is 24.3 Å². The molecule has 2 rings (SSSR count). The van der Waals surface area contributed by atoms with E-state index in [0.717, 1.165) is 12.0 Å². The lowest BCUT2D eigenvalue weighted by atomic mass is 10.1. The van der Waals surface area contributed by atoms with Gasteiger partial charge < -0.3 is 9.63 Å². The number of aromatic nitrogens is 2. The molecule has 0 unspecified atom stereocenters. The van der Waals surface area contributed by atoms with Gasteiger partial charge in [0.1, 0.15) is 0 Å². The molecule has 0 atom stereocenters. The minimum atomic E-state index is -0.810. The molecule has 0 spiro atoms. The van der Waals surface area contributed by atoms with E-state index in [9.17, 15) is 4.79 Å². The number of benzene rings is 1. The van der Waals surface area contributed by atoms with Crippen molar-refractivity contribution >= 4 is 5.97 Å². The van der Waals surface area contributed by atoms with E-state index in [-0.39, 0.29) is 6.42 Å². The average Bonchev–Trinajstić information content (AvgIpc) is 2.87. The Kier molecular flexibility index (Phi) is 4.28. The van der Waals surface area contributed by atoms with Crippen molar-refractivity contribution in [3.05, 3.63) is 35.7 Å². The van der Waals surface area contributed by atoms with Crippen molar-refractivity contribution in [1.82, 2.24) is 10.1 Å². The average molecular weight is 260 g/mol. The number of aryl methyl sites for hydroxylation is 2. The van der Waals surface area contributed by atoms with Gasteiger partial charge in [0.2, 0.25) is 11.7 Å². The van der Waals surface area contributed by atoms with Gasteiger partial charge in [-0.1, -0.05) is 36.3 Å². The largest absolute Gasteiger partial charge is 0.481 e. The fourth-order valence-corrected chi connectivity index (χ4v) is 1.75. The van der Waals surface area contributed by atoms with Gasteiger partial charge >= 0.3 is 5.97 Å². The summed E-state index contributed by atoms with van der Waals surface area (Å²) in [7, 11) is 0. The molecule has 5 nitrogen and oxygen atoms in total. The summed E-state index contributed by atoms with van der Waals surface area (Å²) in [5, 5.41) is 12.5. The summed E-state index contributed by atoms with van der Waals surface area (Å²) in [6.45, 7) is 2.10. The van der Waals surface area contributed by atoms with Gasteiger partial charge in [-0.3, -0.25) is 4.79 Å². The van der Waals surface area contributed by atoms with Crippen LogP contribution in [-0.2, 0) is 17.6 Å². The highest BCUT2D eigenvalue weighted by molar-refractivity contribution is 5.66. The Labute approximate surface area is 111 Å². The summed E-state index contributed by atoms with van der Waals surface area (Å²) in [5.74, 6) is 0.221. The van der Waals surface area contributed by atoms with Gasteiger partial charge in [0, 0.05) is 18.4 Å². The molecule has 0 saturated carbocycles. The van der Waals surface area contributed by atoms with Crippen molar-refractivity contribution in [2.45, 2.75) is 32.6 Å². The Morgan fingerprint density at radius 2 is 2.05 bits per heavy atom. The standard InChI is InChI=1S/C14H16N2O3/c1-2-10-6-8-11(9-7-10)14-15-12(19-16-14)4-3-5-13(17)18/h6-9H,2-5H2,1H3,(H,17,18). The highest BCUT2D eigenvalue weighted by Gasteiger charge is 2.09. The van der Waals surface area contributed by atoms with Crippen LogP contribution in [0.15, 0.2) is 28.8 Å². The molecule has 1 heterocycles. The van der Waals surface area contributed by atoms with Crippen LogP contribution in [-0.4, -0.2) is 21.2 Å². The second kappa shape index (κ2) is 6.13. The van der Waals surface area contributed by atoms with Crippen molar-refractivity contribution in [2.75, 3.05) is 0 Å². The lowest BCUT2D eigenvalue weighted by Crippen LogP contribution is -1.95. The number of aliphatic carboxylic acids is 1. The Bertz CT molecular complexity index is 546. The molecule has 19 heavy (non-hydrogen) atoms. The molecular weight excluding hydrogens is 244 g/mol. The quantitative estimate of drug-likeness (QED) is 0.864. The van der Waals surface area contributed by atoms with E-state index in [1.165, 1.54) is 5.56 Å². The zero-order valence-electron chi connectivity index (χ0n) is 10.8. The molecule has 0 aliphatic heterocycles. The first kappa shape index (κ1) is 13.3. The van der Waals surface area contributed by atoms with Crippen LogP contribution in [0.4, 0.5) is 0 Å². The van der Waals surface area contributed by atoms with E-state index in [1.54, 1.807) is 0 Å². The molecule has 1 aromatic carbocycles. The maximum absolute atomic E-state index is 10.4. The number of carboxylic acids is 1. The summed E-state index contributed by atoms with van der Waals surface area (Å²) >= 11 is 0. The van der Waals surface area contributed by atoms with Crippen LogP contribution >= 0.6 is 0 Å². The van der Waals surface area contributed by atoms with Crippen molar-refractivity contribution in [3.63, 3.8) is 0 Å². The van der Waals surface area contributed by atoms with Crippen molar-refractivity contribution < 1.29 is 14.4 Å². The van der Waals surface area contributed by atoms with Gasteiger partial charge in [-0.2, -0.15) is 4.98 Å². The molecule has 0 bridgehead atoms. The SMILES string of the molecule is CCc1ccc(-c2noc(CCCC(=O)O)n2)cc1. The van der Waals surface area contributed by atoms with E-state index in [0.29, 0.717) is 24.6 Å². The van der Waals surface area contributed by atoms with E-state index < -0.39 is 5.97 Å². The molecule has 0 fully saturated rings. The van der Waals surface area contributed by atoms with Crippen LogP contribution < -0.4 is 0 Å². The third kappa shape index (κ3) is 3.64. The molecular formula is C14H16N2O3. The van der Waals surface area contributed by atoms with Gasteiger partial charge in [-0.25, -0.2) is 0 Å². The number of rotatable bonds is 6. The minimum Gasteiger partial charge on any atom is -0.481 e. The van der Waals surface area contributed by atoms with Crippen LogP contribution in [0.3, 0.4) is 0 Å². The van der Waals surface area contributed by atoms with E-state index >= 15 is 0 Å². The smallest absolute Gasteiger partial charge is 0.303 e. The first-order valence-electron chi connectivity index (χ1n) is 6.32. The van der Waals surface area contributed by atoms with E-state index in [2.05, 4.69) is 17.1 Å². The van der Waals surface area contributed by atoms with Crippen LogP contribution in [0.1, 0.15) is 31.2 Å². The number of hydrogen-bond acceptors (Lipinski definition) is 4. The van der Waals surface area contributed by atoms with Crippen LogP contribution in [0, 0.1) is 0 Å². The number of carbonyl (C=O) groups is 1. The Morgan fingerprint density at radius 3 is 2.68 bits per heavy atom. The van der Waals surface area contributed by atoms with Crippen molar-refractivity contribution in [3.8, 4) is 11.4 Å². The summed E-state index contributed by atoms with van der Waals surface area (Å²) in [5.41, 5.74) is 2.17. The van der Waals surface area contributed by atoms with Gasteiger partial charge in [0.25, 0.3) is 0 Å². The first-order valence-corrected chi connectivity index (χ1v) is 6.32. The first-order chi connectivity index (χ1) is 9.19. The maximum atomic E-state index is 10.4. The highest BCUT2D eigenvalue weighted by Crippen LogP contribution is 2.17. The molecule has 0 amide bonds. The molecule has 1 aromatic heterocycles. The molecule has 0 aliphatic carbocycles. The van der Waals surface area contributed by atoms with E-state index in [4.69, 9.17) is 9.63 Å². The van der Waals surface area contributed by atoms with Crippen LogP contribution in [0.2, 0.25) is 0 Å². The molecule has 0 aliphatic rings. The van der Waals surface area contributed by atoms with Gasteiger partial charge in [-0.05, 0) is 18.4 Å². The van der Waals surface area contributed by atoms with Gasteiger partial charge in [0.05, 0.1) is 0 Å². The molecule has 5 heteroatoms. The lowest BCUT2D eigenvalue weighted by Gasteiger charge is -1.97. The molecule has 100 valence electrons. The van der Waals surface area contributed by atoms with Crippen molar-refractivity contribution in [2.24, 2.45) is 0 Å². The lowest BCUT2D eigenvalue weighted by molar-refractivity contribution is -0.137. The minimum absolute atomic E-state index is 0.114. The summed E-state index contributed by atoms with van der Waals surface area (Å²) in [6, 6.07) is 8.00. The Balaban J connectivity index is 2.01. The second-order valence-electron chi connectivity index (χ2n) is 4.31. The Morgan fingerprint density at radius 1 is 1.32 bits per heavy atom. The third-order valence-corrected chi connectivity index (χ3v) is 2.87. The fraction of sp³-hybridized carbons (Fsp3) is 0.357. The predicted molar refractivity (Wildman–Crippen MR) is 69.7 cm³/mol. The summed E-state index contributed by atoms with van der Waals surface area (Å²) in [4.78, 5) is 14.7. The molecule has 0 radical (unpaired) electrons. The topological polar surface area (TPSA) is 76.2 Å². The molecule has 0 saturated heterocycles. The zero-order chi connectivity index (χ0) is 13.7. The maximum Gasteiger partial charge on any atom is 0.303 e. The fourth-order valence-electron chi connectivity index (χ4n) is 1.75. The van der Waals surface area contributed by atoms with Crippen LogP contribution in [0.5, 0.6) is 0 Å². The third-order valence-electron chi connectivity index (χ3n) is 2.87. The van der Waals surface area contributed by atoms with Gasteiger partial charge in [0.15, 0.2) is 0 Å². The van der Waals surface area contributed by atoms with Gasteiger partial charge in [-0.15, -0.1) is 0 Å². The monoisotopic (exact) mass is 260 g/mol. The number of nitrogens with zero attached hydrogens (tertiary/aromatic N) is 2. The number of carboxylic acid groups (broad SMARTS) is 1. The predicted octanol–water partition coefficient (Wildman–Crippen LogP) is 2.71. The highest BCUT2D eigenvalue weighted by atomic mass is 16.5.